The second-order valence-corrected chi connectivity index (χ2v) is 6.09. The third-order valence-corrected chi connectivity index (χ3v) is 4.33. The Labute approximate surface area is 129 Å². The lowest BCUT2D eigenvalue weighted by Gasteiger charge is -2.11. The Balaban J connectivity index is 2.17. The van der Waals surface area contributed by atoms with Gasteiger partial charge in [-0.15, -0.1) is 0 Å². The molecule has 2 rings (SSSR count). The van der Waals surface area contributed by atoms with Gasteiger partial charge in [-0.1, -0.05) is 37.7 Å². The summed E-state index contributed by atoms with van der Waals surface area (Å²) in [5, 5.41) is 0.752. The average Bonchev–Trinajstić information content (AvgIpc) is 2.49. The van der Waals surface area contributed by atoms with E-state index in [0.717, 1.165) is 22.4 Å². The second kappa shape index (κ2) is 6.80. The quantitative estimate of drug-likeness (QED) is 0.628. The van der Waals surface area contributed by atoms with Gasteiger partial charge in [-0.05, 0) is 23.6 Å². The number of ether oxygens (including phenoxy) is 1. The third kappa shape index (κ3) is 3.88. The van der Waals surface area contributed by atoms with Gasteiger partial charge in [-0.3, -0.25) is 9.36 Å². The van der Waals surface area contributed by atoms with Crippen LogP contribution in [0.4, 0.5) is 0 Å². The molecule has 4 nitrogen and oxygen atoms in total. The van der Waals surface area contributed by atoms with Crippen molar-refractivity contribution in [3.63, 3.8) is 0 Å². The summed E-state index contributed by atoms with van der Waals surface area (Å²) >= 11 is 1.57. The van der Waals surface area contributed by atoms with Crippen LogP contribution in [0.25, 0.3) is 0 Å². The van der Waals surface area contributed by atoms with E-state index in [2.05, 4.69) is 4.98 Å². The molecule has 0 fully saturated rings. The van der Waals surface area contributed by atoms with Gasteiger partial charge >= 0.3 is 0 Å². The van der Waals surface area contributed by atoms with Crippen LogP contribution in [0.15, 0.2) is 40.3 Å². The molecule has 21 heavy (non-hydrogen) atoms. The van der Waals surface area contributed by atoms with E-state index >= 15 is 0 Å². The maximum absolute atomic E-state index is 12.0. The standard InChI is InChI=1S/C16H20N2O2S/c1-11(2)14-9-15(19)18(3)16(17-14)21-10-12-5-7-13(20-4)8-6-12/h5-9,11H,10H2,1-4H3. The van der Waals surface area contributed by atoms with E-state index in [9.17, 15) is 4.79 Å². The van der Waals surface area contributed by atoms with E-state index in [4.69, 9.17) is 4.74 Å². The van der Waals surface area contributed by atoms with Crippen molar-refractivity contribution < 1.29 is 4.74 Å². The largest absolute Gasteiger partial charge is 0.497 e. The Morgan fingerprint density at radius 2 is 1.95 bits per heavy atom. The van der Waals surface area contributed by atoms with Crippen LogP contribution < -0.4 is 10.3 Å². The molecule has 1 aromatic heterocycles. The average molecular weight is 304 g/mol. The number of rotatable bonds is 5. The minimum atomic E-state index is -0.00840. The summed E-state index contributed by atoms with van der Waals surface area (Å²) in [5.74, 6) is 1.86. The molecule has 0 saturated heterocycles. The first-order valence-corrected chi connectivity index (χ1v) is 7.83. The van der Waals surface area contributed by atoms with Crippen molar-refractivity contribution in [2.45, 2.75) is 30.7 Å². The fourth-order valence-electron chi connectivity index (χ4n) is 1.83. The van der Waals surface area contributed by atoms with Gasteiger partial charge < -0.3 is 4.74 Å². The fourth-order valence-corrected chi connectivity index (χ4v) is 2.77. The monoisotopic (exact) mass is 304 g/mol. The van der Waals surface area contributed by atoms with Gasteiger partial charge in [0, 0.05) is 18.9 Å². The zero-order valence-corrected chi connectivity index (χ0v) is 13.6. The Morgan fingerprint density at radius 3 is 2.52 bits per heavy atom. The highest BCUT2D eigenvalue weighted by atomic mass is 32.2. The van der Waals surface area contributed by atoms with Crippen molar-refractivity contribution >= 4 is 11.8 Å². The van der Waals surface area contributed by atoms with Crippen molar-refractivity contribution in [3.05, 3.63) is 51.9 Å². The van der Waals surface area contributed by atoms with Gasteiger partial charge in [0.05, 0.1) is 12.8 Å². The first-order chi connectivity index (χ1) is 10.0. The number of benzene rings is 1. The molecule has 1 heterocycles. The molecule has 2 aromatic rings. The summed E-state index contributed by atoms with van der Waals surface area (Å²) in [6, 6.07) is 9.54. The van der Waals surface area contributed by atoms with Gasteiger partial charge in [0.25, 0.3) is 5.56 Å². The molecule has 0 saturated carbocycles. The minimum absolute atomic E-state index is 0.00840. The first kappa shape index (κ1) is 15.6. The van der Waals surface area contributed by atoms with Crippen LogP contribution in [-0.2, 0) is 12.8 Å². The summed E-state index contributed by atoms with van der Waals surface area (Å²) in [7, 11) is 3.41. The number of methoxy groups -OCH3 is 1. The third-order valence-electron chi connectivity index (χ3n) is 3.23. The normalized spacial score (nSPS) is 10.9. The van der Waals surface area contributed by atoms with Crippen LogP contribution >= 0.6 is 11.8 Å². The zero-order valence-electron chi connectivity index (χ0n) is 12.8. The van der Waals surface area contributed by atoms with Crippen LogP contribution in [0.5, 0.6) is 5.75 Å². The van der Waals surface area contributed by atoms with Crippen molar-refractivity contribution in [1.82, 2.24) is 9.55 Å². The van der Waals surface area contributed by atoms with E-state index in [0.29, 0.717) is 0 Å². The first-order valence-electron chi connectivity index (χ1n) is 6.85. The summed E-state index contributed by atoms with van der Waals surface area (Å²) < 4.78 is 6.74. The zero-order chi connectivity index (χ0) is 15.4. The number of nitrogens with zero attached hydrogens (tertiary/aromatic N) is 2. The Morgan fingerprint density at radius 1 is 1.29 bits per heavy atom. The highest BCUT2D eigenvalue weighted by Gasteiger charge is 2.09. The minimum Gasteiger partial charge on any atom is -0.497 e. The van der Waals surface area contributed by atoms with E-state index in [1.54, 1.807) is 36.6 Å². The Kier molecular flexibility index (Phi) is 5.07. The van der Waals surface area contributed by atoms with Crippen LogP contribution in [0.1, 0.15) is 31.0 Å². The highest BCUT2D eigenvalue weighted by Crippen LogP contribution is 2.22. The molecule has 0 radical (unpaired) electrons. The van der Waals surface area contributed by atoms with Gasteiger partial charge in [0.2, 0.25) is 0 Å². The predicted molar refractivity (Wildman–Crippen MR) is 86.1 cm³/mol. The van der Waals surface area contributed by atoms with Crippen molar-refractivity contribution in [3.8, 4) is 5.75 Å². The number of hydrogen-bond acceptors (Lipinski definition) is 4. The van der Waals surface area contributed by atoms with Crippen LogP contribution in [0, 0.1) is 0 Å². The molecule has 0 atom stereocenters. The van der Waals surface area contributed by atoms with Crippen molar-refractivity contribution in [2.75, 3.05) is 7.11 Å². The second-order valence-electron chi connectivity index (χ2n) is 5.15. The van der Waals surface area contributed by atoms with Crippen molar-refractivity contribution in [1.29, 1.82) is 0 Å². The van der Waals surface area contributed by atoms with Gasteiger partial charge in [0.1, 0.15) is 5.75 Å². The van der Waals surface area contributed by atoms with Crippen LogP contribution in [-0.4, -0.2) is 16.7 Å². The van der Waals surface area contributed by atoms with Crippen LogP contribution in [0.2, 0.25) is 0 Å². The van der Waals surface area contributed by atoms with E-state index in [1.807, 2.05) is 38.1 Å². The number of hydrogen-bond donors (Lipinski definition) is 0. The van der Waals surface area contributed by atoms with E-state index in [1.165, 1.54) is 5.56 Å². The molecule has 0 aliphatic carbocycles. The summed E-state index contributed by atoms with van der Waals surface area (Å²) in [6.45, 7) is 4.08. The van der Waals surface area contributed by atoms with Gasteiger partial charge in [-0.25, -0.2) is 4.98 Å². The summed E-state index contributed by atoms with van der Waals surface area (Å²) in [4.78, 5) is 16.5. The molecule has 1 aromatic carbocycles. The number of aromatic nitrogens is 2. The molecule has 0 bridgehead atoms. The molecular weight excluding hydrogens is 284 g/mol. The summed E-state index contributed by atoms with van der Waals surface area (Å²) in [6.07, 6.45) is 0. The predicted octanol–water partition coefficient (Wildman–Crippen LogP) is 3.20. The molecular formula is C16H20N2O2S. The number of thioether (sulfide) groups is 1. The summed E-state index contributed by atoms with van der Waals surface area (Å²) in [5.41, 5.74) is 2.01. The highest BCUT2D eigenvalue weighted by molar-refractivity contribution is 7.98. The van der Waals surface area contributed by atoms with E-state index < -0.39 is 0 Å². The lowest BCUT2D eigenvalue weighted by atomic mass is 10.1. The molecule has 5 heteroatoms. The molecule has 0 amide bonds. The van der Waals surface area contributed by atoms with Crippen LogP contribution in [0.3, 0.4) is 0 Å². The van der Waals surface area contributed by atoms with Gasteiger partial charge in [0.15, 0.2) is 5.16 Å². The molecule has 0 aliphatic rings. The molecule has 112 valence electrons. The van der Waals surface area contributed by atoms with Crippen molar-refractivity contribution in [2.24, 2.45) is 7.05 Å². The maximum Gasteiger partial charge on any atom is 0.254 e. The SMILES string of the molecule is COc1ccc(CSc2nc(C(C)C)cc(=O)n2C)cc1. The smallest absolute Gasteiger partial charge is 0.254 e. The maximum atomic E-state index is 12.0. The Bertz CT molecular complexity index is 663. The topological polar surface area (TPSA) is 44.1 Å². The Hall–Kier alpha value is -1.75. The van der Waals surface area contributed by atoms with Gasteiger partial charge in [-0.2, -0.15) is 0 Å². The molecule has 0 unspecified atom stereocenters. The fraction of sp³-hybridized carbons (Fsp3) is 0.375. The molecule has 0 N–H and O–H groups in total. The molecule has 0 spiro atoms. The lowest BCUT2D eigenvalue weighted by molar-refractivity contribution is 0.414. The molecule has 0 aliphatic heterocycles. The van der Waals surface area contributed by atoms with E-state index in [-0.39, 0.29) is 11.5 Å². The lowest BCUT2D eigenvalue weighted by Crippen LogP contribution is -2.20.